The maximum atomic E-state index is 4.18. The molecule has 1 N–H and O–H groups in total. The van der Waals surface area contributed by atoms with E-state index in [4.69, 9.17) is 0 Å². The van der Waals surface area contributed by atoms with Gasteiger partial charge in [-0.1, -0.05) is 12.8 Å². The number of nitrogens with one attached hydrogen (secondary N) is 1. The van der Waals surface area contributed by atoms with Crippen LogP contribution in [0.15, 0.2) is 12.4 Å². The fourth-order valence-corrected chi connectivity index (χ4v) is 1.33. The molecule has 66 valence electrons. The molecule has 12 heavy (non-hydrogen) atoms. The van der Waals surface area contributed by atoms with E-state index in [-0.39, 0.29) is 0 Å². The number of aryl methyl sites for hydroxylation is 1. The first-order valence-corrected chi connectivity index (χ1v) is 4.57. The van der Waals surface area contributed by atoms with Gasteiger partial charge < -0.3 is 9.88 Å². The molecule has 0 aromatic carbocycles. The summed E-state index contributed by atoms with van der Waals surface area (Å²) in [5.74, 6) is 1.98. The van der Waals surface area contributed by atoms with Crippen molar-refractivity contribution in [2.75, 3.05) is 11.9 Å². The highest BCUT2D eigenvalue weighted by Gasteiger charge is 2.20. The molecule has 1 aliphatic carbocycles. The van der Waals surface area contributed by atoms with Gasteiger partial charge in [-0.3, -0.25) is 0 Å². The van der Waals surface area contributed by atoms with Crippen LogP contribution >= 0.6 is 0 Å². The Hall–Kier alpha value is -0.990. The summed E-state index contributed by atoms with van der Waals surface area (Å²) in [6, 6.07) is 0. The molecule has 0 spiro atoms. The van der Waals surface area contributed by atoms with Gasteiger partial charge in [0.05, 0.1) is 0 Å². The summed E-state index contributed by atoms with van der Waals surface area (Å²) in [6.45, 7) is 1.06. The van der Waals surface area contributed by atoms with Crippen molar-refractivity contribution in [1.29, 1.82) is 0 Å². The van der Waals surface area contributed by atoms with E-state index in [0.717, 1.165) is 18.4 Å². The maximum Gasteiger partial charge on any atom is 0.202 e. The van der Waals surface area contributed by atoms with Crippen LogP contribution in [0.1, 0.15) is 19.3 Å². The van der Waals surface area contributed by atoms with Gasteiger partial charge in [-0.05, 0) is 12.3 Å². The van der Waals surface area contributed by atoms with E-state index in [1.807, 2.05) is 24.0 Å². The first-order chi connectivity index (χ1) is 5.86. The molecule has 1 aromatic rings. The second kappa shape index (κ2) is 3.17. The number of hydrogen-bond acceptors (Lipinski definition) is 2. The molecule has 3 nitrogen and oxygen atoms in total. The third kappa shape index (κ3) is 1.78. The molecule has 0 amide bonds. The van der Waals surface area contributed by atoms with Gasteiger partial charge in [0, 0.05) is 26.0 Å². The first kappa shape index (κ1) is 7.65. The number of imidazole rings is 1. The van der Waals surface area contributed by atoms with Crippen LogP contribution in [0.2, 0.25) is 0 Å². The Labute approximate surface area is 72.8 Å². The highest BCUT2D eigenvalue weighted by Crippen LogP contribution is 2.31. The van der Waals surface area contributed by atoms with E-state index >= 15 is 0 Å². The summed E-state index contributed by atoms with van der Waals surface area (Å²) < 4.78 is 2.01. The minimum Gasteiger partial charge on any atom is -0.356 e. The third-order valence-electron chi connectivity index (χ3n) is 2.35. The molecule has 0 unspecified atom stereocenters. The normalized spacial score (nSPS) is 16.4. The Morgan fingerprint density at radius 1 is 1.67 bits per heavy atom. The highest BCUT2D eigenvalue weighted by atomic mass is 15.2. The van der Waals surface area contributed by atoms with Crippen molar-refractivity contribution in [2.24, 2.45) is 13.0 Å². The van der Waals surface area contributed by atoms with E-state index in [1.165, 1.54) is 19.3 Å². The molecular weight excluding hydrogens is 150 g/mol. The Morgan fingerprint density at radius 2 is 2.50 bits per heavy atom. The zero-order valence-corrected chi connectivity index (χ0v) is 7.45. The third-order valence-corrected chi connectivity index (χ3v) is 2.35. The smallest absolute Gasteiger partial charge is 0.202 e. The summed E-state index contributed by atoms with van der Waals surface area (Å²) in [5.41, 5.74) is 0. The topological polar surface area (TPSA) is 29.9 Å². The van der Waals surface area contributed by atoms with Gasteiger partial charge in [-0.25, -0.2) is 4.98 Å². The van der Waals surface area contributed by atoms with Crippen molar-refractivity contribution in [3.05, 3.63) is 12.4 Å². The molecule has 0 aliphatic heterocycles. The number of rotatable bonds is 4. The maximum absolute atomic E-state index is 4.18. The molecule has 0 atom stereocenters. The van der Waals surface area contributed by atoms with Crippen LogP contribution < -0.4 is 5.32 Å². The first-order valence-electron chi connectivity index (χ1n) is 4.57. The van der Waals surface area contributed by atoms with Gasteiger partial charge in [0.2, 0.25) is 5.95 Å². The van der Waals surface area contributed by atoms with Crippen molar-refractivity contribution in [1.82, 2.24) is 9.55 Å². The van der Waals surface area contributed by atoms with Crippen molar-refractivity contribution < 1.29 is 0 Å². The number of hydrogen-bond donors (Lipinski definition) is 1. The zero-order chi connectivity index (χ0) is 8.39. The average Bonchev–Trinajstić information content (AvgIpc) is 2.78. The monoisotopic (exact) mass is 165 g/mol. The molecule has 1 saturated carbocycles. The summed E-state index contributed by atoms with van der Waals surface area (Å²) in [5, 5.41) is 3.32. The highest BCUT2D eigenvalue weighted by molar-refractivity contribution is 5.24. The van der Waals surface area contributed by atoms with Crippen molar-refractivity contribution >= 4 is 5.95 Å². The van der Waals surface area contributed by atoms with Crippen molar-refractivity contribution in [3.8, 4) is 0 Å². The van der Waals surface area contributed by atoms with Crippen LogP contribution in [0.5, 0.6) is 0 Å². The predicted octanol–water partition coefficient (Wildman–Crippen LogP) is 1.63. The SMILES string of the molecule is Cn1ccnc1NCCC1CC1. The van der Waals surface area contributed by atoms with Gasteiger partial charge in [0.1, 0.15) is 0 Å². The van der Waals surface area contributed by atoms with E-state index in [1.54, 1.807) is 0 Å². The van der Waals surface area contributed by atoms with Gasteiger partial charge in [0.25, 0.3) is 0 Å². The van der Waals surface area contributed by atoms with E-state index in [2.05, 4.69) is 10.3 Å². The zero-order valence-electron chi connectivity index (χ0n) is 7.45. The van der Waals surface area contributed by atoms with Crippen LogP contribution in [-0.2, 0) is 7.05 Å². The molecule has 0 bridgehead atoms. The van der Waals surface area contributed by atoms with E-state index < -0.39 is 0 Å². The van der Waals surface area contributed by atoms with Gasteiger partial charge in [-0.2, -0.15) is 0 Å². The lowest BCUT2D eigenvalue weighted by Crippen LogP contribution is -2.06. The molecular formula is C9H15N3. The second-order valence-corrected chi connectivity index (χ2v) is 3.52. The molecule has 1 heterocycles. The molecule has 1 fully saturated rings. The lowest BCUT2D eigenvalue weighted by Gasteiger charge is -2.04. The quantitative estimate of drug-likeness (QED) is 0.735. The fourth-order valence-electron chi connectivity index (χ4n) is 1.33. The van der Waals surface area contributed by atoms with Crippen molar-refractivity contribution in [2.45, 2.75) is 19.3 Å². The number of aromatic nitrogens is 2. The number of anilines is 1. The lowest BCUT2D eigenvalue weighted by atomic mass is 10.3. The Bertz CT molecular complexity index is 250. The van der Waals surface area contributed by atoms with Gasteiger partial charge in [-0.15, -0.1) is 0 Å². The second-order valence-electron chi connectivity index (χ2n) is 3.52. The van der Waals surface area contributed by atoms with Crippen LogP contribution in [0.25, 0.3) is 0 Å². The molecule has 3 heteroatoms. The minimum absolute atomic E-state index is 0.982. The van der Waals surface area contributed by atoms with Crippen LogP contribution in [-0.4, -0.2) is 16.1 Å². The van der Waals surface area contributed by atoms with Gasteiger partial charge in [0.15, 0.2) is 0 Å². The summed E-state index contributed by atoms with van der Waals surface area (Å²) in [6.07, 6.45) is 7.94. The van der Waals surface area contributed by atoms with Crippen molar-refractivity contribution in [3.63, 3.8) is 0 Å². The standard InChI is InChI=1S/C9H15N3/c1-12-7-6-11-9(12)10-5-4-8-2-3-8/h6-8H,2-5H2,1H3,(H,10,11). The van der Waals surface area contributed by atoms with Crippen LogP contribution in [0.3, 0.4) is 0 Å². The molecule has 1 aromatic heterocycles. The number of nitrogens with zero attached hydrogens (tertiary/aromatic N) is 2. The fraction of sp³-hybridized carbons (Fsp3) is 0.667. The molecule has 2 rings (SSSR count). The molecule has 0 radical (unpaired) electrons. The van der Waals surface area contributed by atoms with Gasteiger partial charge >= 0.3 is 0 Å². The lowest BCUT2D eigenvalue weighted by molar-refractivity contribution is 0.750. The average molecular weight is 165 g/mol. The summed E-state index contributed by atoms with van der Waals surface area (Å²) in [4.78, 5) is 4.18. The Balaban J connectivity index is 1.75. The predicted molar refractivity (Wildman–Crippen MR) is 49.0 cm³/mol. The Kier molecular flexibility index (Phi) is 2.02. The van der Waals surface area contributed by atoms with E-state index in [9.17, 15) is 0 Å². The molecule has 1 aliphatic rings. The van der Waals surface area contributed by atoms with Crippen LogP contribution in [0, 0.1) is 5.92 Å². The largest absolute Gasteiger partial charge is 0.356 e. The molecule has 0 saturated heterocycles. The van der Waals surface area contributed by atoms with E-state index in [0.29, 0.717) is 0 Å². The van der Waals surface area contributed by atoms with Crippen LogP contribution in [0.4, 0.5) is 5.95 Å². The minimum atomic E-state index is 0.982. The Morgan fingerprint density at radius 3 is 3.08 bits per heavy atom. The summed E-state index contributed by atoms with van der Waals surface area (Å²) >= 11 is 0. The summed E-state index contributed by atoms with van der Waals surface area (Å²) in [7, 11) is 2.01.